The summed E-state index contributed by atoms with van der Waals surface area (Å²) in [5.41, 5.74) is 30.2. The van der Waals surface area contributed by atoms with Crippen molar-refractivity contribution < 1.29 is 67.9 Å². The molecule has 35 nitrogen and oxygen atoms in total. The zero-order valence-corrected chi connectivity index (χ0v) is 158. The number of carbonyl (C=O) groups is 1. The van der Waals surface area contributed by atoms with Gasteiger partial charge in [-0.15, -0.1) is 34.6 Å². The van der Waals surface area contributed by atoms with Crippen molar-refractivity contribution in [3.63, 3.8) is 0 Å². The summed E-state index contributed by atoms with van der Waals surface area (Å²) >= 11 is 4.76. The van der Waals surface area contributed by atoms with E-state index in [0.717, 1.165) is 37.7 Å². The molecule has 0 aromatic rings. The van der Waals surface area contributed by atoms with E-state index in [0.29, 0.717) is 18.8 Å². The van der Waals surface area contributed by atoms with Gasteiger partial charge in [0.15, 0.2) is 5.91 Å². The summed E-state index contributed by atoms with van der Waals surface area (Å²) in [7, 11) is -7.08. The molecule has 0 aliphatic carbocycles. The summed E-state index contributed by atoms with van der Waals surface area (Å²) in [6.45, 7) is 14.2. The second kappa shape index (κ2) is 8520. The smallest absolute Gasteiger partial charge is 0.187 e. The third-order valence-corrected chi connectivity index (χ3v) is 0.876. The molecule has 0 spiro atoms. The van der Waals surface area contributed by atoms with Crippen molar-refractivity contribution in [3.8, 4) is 0 Å². The van der Waals surface area contributed by atoms with Crippen molar-refractivity contribution in [2.24, 2.45) is 67.3 Å². The van der Waals surface area contributed by atoms with E-state index in [-0.39, 0.29) is 210 Å². The molecule has 0 aliphatic rings. The predicted molar refractivity (Wildman–Crippen MR) is 337 cm³/mol. The van der Waals surface area contributed by atoms with E-state index in [4.69, 9.17) is 55.9 Å². The first-order chi connectivity index (χ1) is 20.8. The predicted octanol–water partition coefficient (Wildman–Crippen LogP) is 8.60. The first kappa shape index (κ1) is 1680. The van der Waals surface area contributed by atoms with E-state index in [2.05, 4.69) is 115 Å². The molecule has 540 valence electrons. The summed E-state index contributed by atoms with van der Waals surface area (Å²) in [6.07, 6.45) is 4.19. The second-order valence-electron chi connectivity index (χ2n) is 3.20. The van der Waals surface area contributed by atoms with Crippen molar-refractivity contribution in [1.29, 1.82) is 0 Å². The number of primary amides is 5. The average Bonchev–Trinajstić information content (AvgIpc) is 2.90. The monoisotopic (exact) mass is 5470 g/mol. The van der Waals surface area contributed by atoms with Crippen LogP contribution in [0.4, 0.5) is 0 Å². The van der Waals surface area contributed by atoms with Gasteiger partial charge in [0.05, 0.1) is 0 Å². The molecule has 5 amide bonds. The van der Waals surface area contributed by atoms with Gasteiger partial charge in [-0.1, -0.05) is 59.4 Å². The van der Waals surface area contributed by atoms with Crippen molar-refractivity contribution in [3.05, 3.63) is 166 Å². The summed E-state index contributed by atoms with van der Waals surface area (Å²) in [6, 6.07) is 0. The Morgan fingerprint density at radius 2 is 0.449 bits per heavy atom. The third kappa shape index (κ3) is 1880. The minimum atomic E-state index is -2.36. The molecule has 0 heterocycles. The molecule has 0 unspecified atom stereocenters. The van der Waals surface area contributed by atoms with Gasteiger partial charge in [0.2, 0.25) is 0 Å². The molecule has 40 N–H and O–H groups in total. The summed E-state index contributed by atoms with van der Waals surface area (Å²) in [4.78, 5) is 50.4. The molecule has 0 fully saturated rings. The average molecular weight is 5470 g/mol. The van der Waals surface area contributed by atoms with Crippen molar-refractivity contribution >= 4 is 89.2 Å². The van der Waals surface area contributed by atoms with Gasteiger partial charge in [0.1, 0.15) is 0 Å². The van der Waals surface area contributed by atoms with E-state index >= 15 is 0 Å². The molecular formula is C33H124N20O15Rf16S5-32. The van der Waals surface area contributed by atoms with Gasteiger partial charge < -0.3 is 283 Å². The Morgan fingerprint density at radius 1 is 0.382 bits per heavy atom. The Balaban J connectivity index is -0.00000000237. The summed E-state index contributed by atoms with van der Waals surface area (Å²) < 4.78 is 60.2. The van der Waals surface area contributed by atoms with E-state index in [1.54, 1.807) is 0 Å². The molecule has 89 heavy (non-hydrogen) atoms. The minimum Gasteiger partial charge on any atom is -0.693 e. The molecule has 0 aliphatic heterocycles. The summed E-state index contributed by atoms with van der Waals surface area (Å²) in [5, 5.41) is 12.1. The largest absolute Gasteiger partial charge is 0.693 e. The molecule has 0 saturated heterocycles. The van der Waals surface area contributed by atoms with Gasteiger partial charge in [-0.25, -0.2) is 0 Å². The van der Waals surface area contributed by atoms with Gasteiger partial charge in [-0.3, -0.25) is 4.79 Å². The van der Waals surface area contributed by atoms with Crippen LogP contribution in [0.15, 0.2) is 0 Å². The van der Waals surface area contributed by atoms with Crippen LogP contribution < -0.4 is 67.3 Å². The van der Waals surface area contributed by atoms with E-state index in [9.17, 15) is 4.79 Å². The van der Waals surface area contributed by atoms with Crippen molar-refractivity contribution in [2.45, 2.75) is 65.8 Å². The first-order valence-electron chi connectivity index (χ1n) is 8.77. The van der Waals surface area contributed by atoms with Crippen LogP contribution in [0.1, 0.15) is 65.8 Å². The molecule has 0 aromatic heterocycles. The number of hydrogen-bond donors (Lipinski definition) is 12. The standard InChI is InChI=1S/C3H6NO.C2H6NO2S.2C2H6N.4CH2NO.8CH4.12CH3.3H2NO2S.H3NO2S.8H2N.16Rf/c1-2-3(4)5;1-2-6-5-4-3;2*1-2-3;4*2-1-3;;;;;;;;;;;;;;;;;;;;;3*1-4(2)3;1-2-3-4;;;;;;;;;;;;;;;;;;;;;;;;/h1-2H2,(H2,4,5);1-3H2;2*1-3H2;4*(H2,2,3);8*1H4;12*1H3;3*(H2,1,2,3);4H,1H2;8*1H2;;;;;;;;;;;;;;;;/q8*-1;;;;;;;;;15*-1;;8*-1;;;;;;;;;;;;;;;;/p-1. The zero-order chi connectivity index (χ0) is 39.5. The van der Waals surface area contributed by atoms with Gasteiger partial charge in [0.25, 0.3) is 0 Å². The number of hydrogen-bond acceptors (Lipinski definition) is 24. The van der Waals surface area contributed by atoms with Crippen LogP contribution >= 0.6 is 12.0 Å². The first-order valence-corrected chi connectivity index (χ1v) is 13.4. The Kier molecular flexibility index (Phi) is 160000. The Morgan fingerprint density at radius 3 is 0.461 bits per heavy atom. The SMILES string of the molecule is C.C.C.C.C.C.C.C.NOO[S-].N[C-]=O.N[C-]=O.N[C-]=O.N[C-]=O.N[S-](=O)=O.N[S-](=O)=O.N[S-](=O)=O.[CH2-]CC(N)=O.[CH2-]CN.[CH2-]CN.[CH2-]CSOON.[CH3-].[CH3-].[CH3-].[CH3-].[CH3-].[CH3-].[CH3-].[CH3-].[CH3-].[CH3-].[CH3-].[CH3-].[NH2-].[NH2-].[NH2-].[NH2-].[NH2-].[NH2-].[NH2-].[NH2-].[Rf].[Rf].[Rf].[Rf].[Rf].[Rf].[Rf].[Rf].[Rf].[Rf].[Rf].[Rf].[Rf].[Rf].[Rf].[Rf]. The van der Waals surface area contributed by atoms with Crippen LogP contribution in [0, 0.1) is 117 Å². The molecule has 0 saturated carbocycles. The second-order valence-corrected chi connectivity index (χ2v) is 5.68. The maximum Gasteiger partial charge on any atom is 0.187 e. The fourth-order valence-electron chi connectivity index (χ4n) is 0.0618. The molecule has 0 atom stereocenters. The van der Waals surface area contributed by atoms with Gasteiger partial charge >= 0.3 is 0 Å². The van der Waals surface area contributed by atoms with Gasteiger partial charge in [0, 0.05) is 12.0 Å². The fourth-order valence-corrected chi connectivity index (χ4v) is 0.185. The minimum absolute atomic E-state index is 0. The van der Waals surface area contributed by atoms with Crippen molar-refractivity contribution in [2.75, 3.05) is 18.8 Å². The molecular weight excluding hydrogens is 5350 g/mol. The quantitative estimate of drug-likeness (QED) is 0.0233. The van der Waals surface area contributed by atoms with Crippen LogP contribution in [0.5, 0.6) is 0 Å². The number of rotatable bonds is 5. The maximum atomic E-state index is 9.53. The number of carbonyl (C=O) groups excluding carboxylic acids is 5. The van der Waals surface area contributed by atoms with Crippen LogP contribution in [-0.4, -0.2) is 50.4 Å². The third-order valence-electron chi connectivity index (χ3n) is 0.456. The van der Waals surface area contributed by atoms with E-state index in [1.807, 2.05) is 0 Å². The summed E-state index contributed by atoms with van der Waals surface area (Å²) in [5.74, 6) is 8.88. The normalized spacial score (nSPS) is 3.45. The number of nitrogens with two attached hydrogens (primary N) is 20. The molecule has 0 bridgehead atoms. The van der Waals surface area contributed by atoms with Crippen molar-refractivity contribution in [1.82, 2.24) is 0 Å². The van der Waals surface area contributed by atoms with Crippen LogP contribution in [-0.2, 0) is 113 Å². The Bertz CT molecular complexity index is 709. The van der Waals surface area contributed by atoms with Crippen LogP contribution in [0.3, 0.4) is 0 Å². The van der Waals surface area contributed by atoms with E-state index in [1.165, 1.54) is 0 Å². The Hall–Kier alpha value is -18.9. The fraction of sp³-hybridized carbons (Fsp3) is 0.364. The van der Waals surface area contributed by atoms with Gasteiger partial charge in [-0.05, 0) is 32.7 Å². The van der Waals surface area contributed by atoms with E-state index < -0.39 is 32.7 Å². The maximum absolute atomic E-state index is 9.53. The molecule has 56 heteroatoms. The molecule has 0 rings (SSSR count). The topological polar surface area (TPSA) is 805 Å². The van der Waals surface area contributed by atoms with Gasteiger partial charge in [-0.2, -0.15) is 42.4 Å². The molecule has 0 radical (unpaired) electrons. The van der Waals surface area contributed by atoms with Crippen LogP contribution in [0.2, 0.25) is 0 Å². The number of amides is 5. The Labute approximate surface area is 473 Å². The van der Waals surface area contributed by atoms with Crippen LogP contribution in [0.25, 0.3) is 49.2 Å². The zero-order valence-electron chi connectivity index (χ0n) is 51.2. The molecule has 0 aromatic carbocycles.